The topological polar surface area (TPSA) is 27.1 Å². The van der Waals surface area contributed by atoms with Gasteiger partial charge in [0.2, 0.25) is 0 Å². The van der Waals surface area contributed by atoms with Gasteiger partial charge in [-0.05, 0) is 38.7 Å². The first-order chi connectivity index (χ1) is 6.86. The van der Waals surface area contributed by atoms with Gasteiger partial charge >= 0.3 is 0 Å². The monoisotopic (exact) mass is 194 g/mol. The third kappa shape index (κ3) is 2.35. The van der Waals surface area contributed by atoms with Crippen LogP contribution in [-0.4, -0.2) is 22.5 Å². The summed E-state index contributed by atoms with van der Waals surface area (Å²) >= 11 is 0. The Morgan fingerprint density at radius 2 is 2.57 bits per heavy atom. The lowest BCUT2D eigenvalue weighted by Gasteiger charge is -2.09. The first-order valence-corrected chi connectivity index (χ1v) is 5.46. The van der Waals surface area contributed by atoms with Crippen LogP contribution in [0, 0.1) is 6.92 Å². The summed E-state index contributed by atoms with van der Waals surface area (Å²) in [6, 6.07) is 2.05. The van der Waals surface area contributed by atoms with E-state index in [1.165, 1.54) is 31.4 Å². The second-order valence-electron chi connectivity index (χ2n) is 3.97. The molecule has 2 heterocycles. The summed E-state index contributed by atoms with van der Waals surface area (Å²) in [5.41, 5.74) is 1.25. The first kappa shape index (κ1) is 9.71. The van der Waals surface area contributed by atoms with Gasteiger partial charge in [0.15, 0.2) is 0 Å². The molecule has 1 unspecified atom stereocenters. The summed E-state index contributed by atoms with van der Waals surface area (Å²) < 4.78 is 7.64. The second kappa shape index (κ2) is 4.60. The van der Waals surface area contributed by atoms with E-state index >= 15 is 0 Å². The van der Waals surface area contributed by atoms with Gasteiger partial charge in [0.1, 0.15) is 0 Å². The van der Waals surface area contributed by atoms with Crippen molar-refractivity contribution >= 4 is 0 Å². The van der Waals surface area contributed by atoms with Crippen molar-refractivity contribution in [1.29, 1.82) is 0 Å². The highest BCUT2D eigenvalue weighted by molar-refractivity contribution is 4.96. The second-order valence-corrected chi connectivity index (χ2v) is 3.97. The zero-order valence-corrected chi connectivity index (χ0v) is 8.78. The van der Waals surface area contributed by atoms with E-state index in [1.807, 2.05) is 12.3 Å². The molecule has 0 aliphatic carbocycles. The molecule has 0 amide bonds. The molecule has 0 aromatic carbocycles. The van der Waals surface area contributed by atoms with Crippen LogP contribution >= 0.6 is 0 Å². The van der Waals surface area contributed by atoms with E-state index in [1.54, 1.807) is 0 Å². The Morgan fingerprint density at radius 1 is 1.64 bits per heavy atom. The number of hydrogen-bond donors (Lipinski definition) is 0. The van der Waals surface area contributed by atoms with Crippen LogP contribution in [0.4, 0.5) is 0 Å². The zero-order valence-electron chi connectivity index (χ0n) is 8.78. The fourth-order valence-electron chi connectivity index (χ4n) is 1.97. The smallest absolute Gasteiger partial charge is 0.0576 e. The molecule has 3 heteroatoms. The van der Waals surface area contributed by atoms with E-state index in [2.05, 4.69) is 16.7 Å². The van der Waals surface area contributed by atoms with Crippen LogP contribution in [0.25, 0.3) is 0 Å². The normalized spacial score (nSPS) is 21.6. The molecular formula is C11H18N2O. The lowest BCUT2D eigenvalue weighted by molar-refractivity contribution is 0.101. The average molecular weight is 194 g/mol. The van der Waals surface area contributed by atoms with Crippen molar-refractivity contribution in [2.45, 2.75) is 45.3 Å². The van der Waals surface area contributed by atoms with Gasteiger partial charge in [-0.3, -0.25) is 4.68 Å². The van der Waals surface area contributed by atoms with Gasteiger partial charge in [-0.25, -0.2) is 0 Å². The lowest BCUT2D eigenvalue weighted by atomic mass is 10.1. The van der Waals surface area contributed by atoms with Gasteiger partial charge in [-0.2, -0.15) is 5.10 Å². The van der Waals surface area contributed by atoms with Crippen molar-refractivity contribution in [3.63, 3.8) is 0 Å². The largest absolute Gasteiger partial charge is 0.378 e. The molecule has 1 atom stereocenters. The van der Waals surface area contributed by atoms with Gasteiger partial charge in [-0.1, -0.05) is 0 Å². The maximum atomic E-state index is 5.57. The lowest BCUT2D eigenvalue weighted by Crippen LogP contribution is -2.08. The minimum atomic E-state index is 0.519. The molecule has 0 saturated carbocycles. The van der Waals surface area contributed by atoms with Crippen molar-refractivity contribution in [2.24, 2.45) is 0 Å². The van der Waals surface area contributed by atoms with E-state index in [0.29, 0.717) is 6.10 Å². The molecule has 78 valence electrons. The van der Waals surface area contributed by atoms with E-state index in [0.717, 1.165) is 13.2 Å². The first-order valence-electron chi connectivity index (χ1n) is 5.46. The van der Waals surface area contributed by atoms with E-state index in [9.17, 15) is 0 Å². The van der Waals surface area contributed by atoms with Crippen molar-refractivity contribution in [3.05, 3.63) is 18.0 Å². The maximum Gasteiger partial charge on any atom is 0.0576 e. The van der Waals surface area contributed by atoms with Crippen molar-refractivity contribution in [2.75, 3.05) is 6.61 Å². The maximum absolute atomic E-state index is 5.57. The molecular weight excluding hydrogens is 176 g/mol. The molecule has 1 aromatic heterocycles. The minimum Gasteiger partial charge on any atom is -0.378 e. The molecule has 14 heavy (non-hydrogen) atoms. The Bertz CT molecular complexity index is 277. The number of nitrogens with zero attached hydrogens (tertiary/aromatic N) is 2. The van der Waals surface area contributed by atoms with Crippen molar-refractivity contribution < 1.29 is 4.74 Å². The molecule has 0 bridgehead atoms. The summed E-state index contributed by atoms with van der Waals surface area (Å²) in [7, 11) is 0. The van der Waals surface area contributed by atoms with Crippen LogP contribution < -0.4 is 0 Å². The summed E-state index contributed by atoms with van der Waals surface area (Å²) in [4.78, 5) is 0. The van der Waals surface area contributed by atoms with Crippen LogP contribution in [-0.2, 0) is 11.3 Å². The third-order valence-electron chi connectivity index (χ3n) is 2.85. The van der Waals surface area contributed by atoms with Crippen LogP contribution in [0.15, 0.2) is 12.3 Å². The molecule has 1 aliphatic rings. The highest BCUT2D eigenvalue weighted by atomic mass is 16.5. The van der Waals surface area contributed by atoms with Crippen LogP contribution in [0.5, 0.6) is 0 Å². The number of aryl methyl sites for hydroxylation is 2. The van der Waals surface area contributed by atoms with E-state index in [-0.39, 0.29) is 0 Å². The highest BCUT2D eigenvalue weighted by Crippen LogP contribution is 2.17. The number of hydrogen-bond acceptors (Lipinski definition) is 2. The molecule has 2 rings (SSSR count). The molecule has 1 saturated heterocycles. The van der Waals surface area contributed by atoms with Gasteiger partial charge < -0.3 is 4.74 Å². The molecule has 3 nitrogen and oxygen atoms in total. The summed E-state index contributed by atoms with van der Waals surface area (Å²) in [6.45, 7) is 4.09. The van der Waals surface area contributed by atoms with Crippen LogP contribution in [0.3, 0.4) is 0 Å². The Kier molecular flexibility index (Phi) is 3.19. The quantitative estimate of drug-likeness (QED) is 0.734. The third-order valence-corrected chi connectivity index (χ3v) is 2.85. The number of aromatic nitrogens is 2. The van der Waals surface area contributed by atoms with Gasteiger partial charge in [-0.15, -0.1) is 0 Å². The molecule has 1 aliphatic heterocycles. The SMILES string of the molecule is Cc1ccnn1CCCC1CCCO1. The summed E-state index contributed by atoms with van der Waals surface area (Å²) in [5.74, 6) is 0. The van der Waals surface area contributed by atoms with Gasteiger partial charge in [0, 0.05) is 25.0 Å². The van der Waals surface area contributed by atoms with Crippen molar-refractivity contribution in [3.8, 4) is 0 Å². The molecule has 1 aromatic rings. The number of ether oxygens (including phenoxy) is 1. The predicted octanol–water partition coefficient (Wildman–Crippen LogP) is 2.15. The fraction of sp³-hybridized carbons (Fsp3) is 0.727. The average Bonchev–Trinajstić information content (AvgIpc) is 2.78. The molecule has 1 fully saturated rings. The Labute approximate surface area is 85.1 Å². The summed E-state index contributed by atoms with van der Waals surface area (Å²) in [5, 5.41) is 4.26. The van der Waals surface area contributed by atoms with Crippen LogP contribution in [0.2, 0.25) is 0 Å². The Hall–Kier alpha value is -0.830. The standard InChI is InChI=1S/C11H18N2O/c1-10-6-7-12-13(10)8-2-4-11-5-3-9-14-11/h6-7,11H,2-5,8-9H2,1H3. The van der Waals surface area contributed by atoms with Gasteiger partial charge in [0.05, 0.1) is 6.10 Å². The highest BCUT2D eigenvalue weighted by Gasteiger charge is 2.14. The summed E-state index contributed by atoms with van der Waals surface area (Å²) in [6.07, 6.45) is 7.23. The Morgan fingerprint density at radius 3 is 3.21 bits per heavy atom. The van der Waals surface area contributed by atoms with E-state index in [4.69, 9.17) is 4.74 Å². The molecule has 0 spiro atoms. The number of rotatable bonds is 4. The molecule has 0 radical (unpaired) electrons. The minimum absolute atomic E-state index is 0.519. The zero-order chi connectivity index (χ0) is 9.80. The van der Waals surface area contributed by atoms with Crippen molar-refractivity contribution in [1.82, 2.24) is 9.78 Å². The van der Waals surface area contributed by atoms with E-state index < -0.39 is 0 Å². The predicted molar refractivity (Wildman–Crippen MR) is 55.2 cm³/mol. The Balaban J connectivity index is 1.70. The van der Waals surface area contributed by atoms with Crippen LogP contribution in [0.1, 0.15) is 31.4 Å². The van der Waals surface area contributed by atoms with Gasteiger partial charge in [0.25, 0.3) is 0 Å². The fourth-order valence-corrected chi connectivity index (χ4v) is 1.97. The molecule has 0 N–H and O–H groups in total.